The van der Waals surface area contributed by atoms with Gasteiger partial charge < -0.3 is 24.0 Å². The molecule has 0 atom stereocenters. The van der Waals surface area contributed by atoms with E-state index in [2.05, 4.69) is 15.0 Å². The van der Waals surface area contributed by atoms with E-state index in [1.807, 2.05) is 12.1 Å². The van der Waals surface area contributed by atoms with Crippen LogP contribution in [0.2, 0.25) is 0 Å². The van der Waals surface area contributed by atoms with Crippen molar-refractivity contribution < 1.29 is 19.0 Å². The molecule has 0 aliphatic rings. The fraction of sp³-hybridized carbons (Fsp3) is 0.235. The maximum absolute atomic E-state index is 10.8. The average molecular weight is 327 g/mol. The van der Waals surface area contributed by atoms with Crippen LogP contribution in [0.15, 0.2) is 24.5 Å². The lowest BCUT2D eigenvalue weighted by Gasteiger charge is -2.13. The molecule has 0 radical (unpaired) electrons. The fourth-order valence-electron chi connectivity index (χ4n) is 2.56. The van der Waals surface area contributed by atoms with Crippen molar-refractivity contribution in [1.29, 1.82) is 0 Å². The first-order valence-electron chi connectivity index (χ1n) is 7.28. The van der Waals surface area contributed by atoms with Crippen molar-refractivity contribution in [3.63, 3.8) is 0 Å². The number of carbonyl (C=O) groups is 1. The molecule has 3 aromatic rings. The summed E-state index contributed by atoms with van der Waals surface area (Å²) in [5, 5.41) is 0. The first-order chi connectivity index (χ1) is 11.7. The summed E-state index contributed by atoms with van der Waals surface area (Å²) in [5.74, 6) is 1.59. The van der Waals surface area contributed by atoms with Crippen molar-refractivity contribution >= 4 is 17.5 Å². The van der Waals surface area contributed by atoms with Crippen LogP contribution < -0.4 is 14.2 Å². The molecule has 0 aliphatic heterocycles. The molecule has 124 valence electrons. The van der Waals surface area contributed by atoms with Gasteiger partial charge in [-0.3, -0.25) is 0 Å². The van der Waals surface area contributed by atoms with Gasteiger partial charge in [0.1, 0.15) is 11.8 Å². The SMILES string of the molecule is COc1cc(-c2cnc3[nH]cc(CC=O)c3n2)cc(OC)c1OC. The standard InChI is InChI=1S/C17H17N3O4/c1-22-13-6-11(7-14(23-2)16(13)24-3)12-9-19-17-15(20-12)10(4-5-21)8-18-17/h5-9H,4H2,1-3H3,(H,18,19). The van der Waals surface area contributed by atoms with E-state index in [9.17, 15) is 4.79 Å². The molecule has 7 heteroatoms. The number of methoxy groups -OCH3 is 3. The van der Waals surface area contributed by atoms with Gasteiger partial charge in [-0.15, -0.1) is 0 Å². The zero-order valence-corrected chi connectivity index (χ0v) is 13.6. The Morgan fingerprint density at radius 1 is 1.12 bits per heavy atom. The molecular weight excluding hydrogens is 310 g/mol. The van der Waals surface area contributed by atoms with E-state index in [-0.39, 0.29) is 6.42 Å². The summed E-state index contributed by atoms with van der Waals surface area (Å²) < 4.78 is 16.1. The van der Waals surface area contributed by atoms with Gasteiger partial charge in [0.05, 0.1) is 33.2 Å². The molecule has 0 aliphatic carbocycles. The van der Waals surface area contributed by atoms with Gasteiger partial charge in [0, 0.05) is 23.7 Å². The molecule has 0 amide bonds. The number of H-pyrrole nitrogens is 1. The summed E-state index contributed by atoms with van der Waals surface area (Å²) in [4.78, 5) is 22.8. The highest BCUT2D eigenvalue weighted by molar-refractivity contribution is 5.81. The molecule has 0 spiro atoms. The normalized spacial score (nSPS) is 10.6. The monoisotopic (exact) mass is 327 g/mol. The first kappa shape index (κ1) is 15.8. The number of rotatable bonds is 6. The molecular formula is C17H17N3O4. The predicted molar refractivity (Wildman–Crippen MR) is 88.7 cm³/mol. The number of carbonyl (C=O) groups excluding carboxylic acids is 1. The number of nitrogens with zero attached hydrogens (tertiary/aromatic N) is 2. The number of aromatic amines is 1. The van der Waals surface area contributed by atoms with Crippen LogP contribution in [0.25, 0.3) is 22.4 Å². The number of ether oxygens (including phenoxy) is 3. The second-order valence-electron chi connectivity index (χ2n) is 5.05. The van der Waals surface area contributed by atoms with E-state index in [4.69, 9.17) is 14.2 Å². The van der Waals surface area contributed by atoms with E-state index in [0.29, 0.717) is 34.1 Å². The average Bonchev–Trinajstić information content (AvgIpc) is 3.03. The molecule has 3 rings (SSSR count). The smallest absolute Gasteiger partial charge is 0.203 e. The molecule has 0 unspecified atom stereocenters. The maximum Gasteiger partial charge on any atom is 0.203 e. The first-order valence-corrected chi connectivity index (χ1v) is 7.28. The molecule has 24 heavy (non-hydrogen) atoms. The lowest BCUT2D eigenvalue weighted by Crippen LogP contribution is -1.97. The third-order valence-corrected chi connectivity index (χ3v) is 3.72. The highest BCUT2D eigenvalue weighted by Gasteiger charge is 2.16. The third-order valence-electron chi connectivity index (χ3n) is 3.72. The maximum atomic E-state index is 10.8. The van der Waals surface area contributed by atoms with Crippen LogP contribution in [0, 0.1) is 0 Å². The highest BCUT2D eigenvalue weighted by Crippen LogP contribution is 2.40. The fourth-order valence-corrected chi connectivity index (χ4v) is 2.56. The summed E-state index contributed by atoms with van der Waals surface area (Å²) in [5.41, 5.74) is 3.55. The molecule has 0 bridgehead atoms. The van der Waals surface area contributed by atoms with Gasteiger partial charge in [-0.1, -0.05) is 0 Å². The number of aldehydes is 1. The van der Waals surface area contributed by atoms with Gasteiger partial charge in [0.2, 0.25) is 5.75 Å². The van der Waals surface area contributed by atoms with Crippen molar-refractivity contribution in [2.75, 3.05) is 21.3 Å². The van der Waals surface area contributed by atoms with Crippen LogP contribution in [-0.2, 0) is 11.2 Å². The molecule has 0 saturated carbocycles. The number of benzene rings is 1. The Morgan fingerprint density at radius 3 is 2.42 bits per heavy atom. The van der Waals surface area contributed by atoms with Gasteiger partial charge >= 0.3 is 0 Å². The number of nitrogens with one attached hydrogen (secondary N) is 1. The van der Waals surface area contributed by atoms with Crippen LogP contribution >= 0.6 is 0 Å². The number of hydrogen-bond donors (Lipinski definition) is 1. The van der Waals surface area contributed by atoms with E-state index >= 15 is 0 Å². The lowest BCUT2D eigenvalue weighted by molar-refractivity contribution is -0.107. The van der Waals surface area contributed by atoms with Crippen LogP contribution in [0.5, 0.6) is 17.2 Å². The lowest BCUT2D eigenvalue weighted by atomic mass is 10.1. The Hall–Kier alpha value is -3.09. The van der Waals surface area contributed by atoms with Crippen molar-refractivity contribution in [3.05, 3.63) is 30.1 Å². The number of fused-ring (bicyclic) bond motifs is 1. The number of aromatic nitrogens is 3. The zero-order chi connectivity index (χ0) is 17.1. The minimum Gasteiger partial charge on any atom is -0.493 e. The second kappa shape index (κ2) is 6.57. The van der Waals surface area contributed by atoms with Gasteiger partial charge in [-0.2, -0.15) is 0 Å². The molecule has 1 aromatic carbocycles. The highest BCUT2D eigenvalue weighted by atomic mass is 16.5. The molecule has 2 heterocycles. The largest absolute Gasteiger partial charge is 0.493 e. The third kappa shape index (κ3) is 2.64. The predicted octanol–water partition coefficient (Wildman–Crippen LogP) is 2.39. The van der Waals surface area contributed by atoms with Crippen LogP contribution in [0.4, 0.5) is 0 Å². The van der Waals surface area contributed by atoms with Gasteiger partial charge in [0.15, 0.2) is 17.1 Å². The Bertz CT molecular complexity index is 864. The Kier molecular flexibility index (Phi) is 4.33. The Labute approximate surface area is 138 Å². The van der Waals surface area contributed by atoms with Crippen molar-refractivity contribution in [2.45, 2.75) is 6.42 Å². The van der Waals surface area contributed by atoms with E-state index in [1.165, 1.54) is 0 Å². The van der Waals surface area contributed by atoms with Gasteiger partial charge in [0.25, 0.3) is 0 Å². The molecule has 2 aromatic heterocycles. The molecule has 1 N–H and O–H groups in total. The quantitative estimate of drug-likeness (QED) is 0.700. The summed E-state index contributed by atoms with van der Waals surface area (Å²) in [7, 11) is 4.67. The minimum atomic E-state index is 0.285. The van der Waals surface area contributed by atoms with Crippen LogP contribution in [-0.4, -0.2) is 42.6 Å². The minimum absolute atomic E-state index is 0.285. The van der Waals surface area contributed by atoms with Gasteiger partial charge in [-0.25, -0.2) is 9.97 Å². The van der Waals surface area contributed by atoms with Crippen molar-refractivity contribution in [1.82, 2.24) is 15.0 Å². The molecule has 0 fully saturated rings. The van der Waals surface area contributed by atoms with Gasteiger partial charge in [-0.05, 0) is 12.1 Å². The Morgan fingerprint density at radius 2 is 1.83 bits per heavy atom. The van der Waals surface area contributed by atoms with E-state index in [0.717, 1.165) is 17.4 Å². The van der Waals surface area contributed by atoms with Crippen LogP contribution in [0.1, 0.15) is 5.56 Å². The summed E-state index contributed by atoms with van der Waals surface area (Å²) in [6.07, 6.45) is 4.53. The molecule has 7 nitrogen and oxygen atoms in total. The van der Waals surface area contributed by atoms with E-state index in [1.54, 1.807) is 33.7 Å². The zero-order valence-electron chi connectivity index (χ0n) is 13.6. The van der Waals surface area contributed by atoms with Crippen molar-refractivity contribution in [3.8, 4) is 28.5 Å². The summed E-state index contributed by atoms with van der Waals surface area (Å²) >= 11 is 0. The molecule has 0 saturated heterocycles. The summed E-state index contributed by atoms with van der Waals surface area (Å²) in [6.45, 7) is 0. The van der Waals surface area contributed by atoms with Crippen molar-refractivity contribution in [2.24, 2.45) is 0 Å². The Balaban J connectivity index is 2.15. The van der Waals surface area contributed by atoms with E-state index < -0.39 is 0 Å². The van der Waals surface area contributed by atoms with Crippen LogP contribution in [0.3, 0.4) is 0 Å². The summed E-state index contributed by atoms with van der Waals surface area (Å²) in [6, 6.07) is 3.62. The topological polar surface area (TPSA) is 86.3 Å². The second-order valence-corrected chi connectivity index (χ2v) is 5.05. The number of hydrogen-bond acceptors (Lipinski definition) is 6.